The van der Waals surface area contributed by atoms with Gasteiger partial charge in [-0.15, -0.1) is 5.10 Å². The summed E-state index contributed by atoms with van der Waals surface area (Å²) in [6.07, 6.45) is 0.635. The quantitative estimate of drug-likeness (QED) is 0.631. The molecule has 0 spiro atoms. The lowest BCUT2D eigenvalue weighted by atomic mass is 9.94. The van der Waals surface area contributed by atoms with Crippen molar-refractivity contribution in [3.05, 3.63) is 63.2 Å². The van der Waals surface area contributed by atoms with Gasteiger partial charge in [-0.05, 0) is 36.8 Å². The highest BCUT2D eigenvalue weighted by Gasteiger charge is 2.20. The van der Waals surface area contributed by atoms with Crippen LogP contribution >= 0.6 is 0 Å². The van der Waals surface area contributed by atoms with E-state index in [9.17, 15) is 10.1 Å². The van der Waals surface area contributed by atoms with Crippen molar-refractivity contribution in [2.45, 2.75) is 13.3 Å². The van der Waals surface area contributed by atoms with Crippen LogP contribution < -0.4 is 9.47 Å². The Bertz CT molecular complexity index is 886. The van der Waals surface area contributed by atoms with Crippen molar-refractivity contribution < 1.29 is 14.4 Å². The number of fused-ring (bicyclic) bond motifs is 1. The van der Waals surface area contributed by atoms with E-state index in [1.807, 2.05) is 19.1 Å². The molecule has 2 aromatic carbocycles. The normalized spacial score (nSPS) is 13.2. The number of nitrogens with zero attached hydrogens (tertiary/aromatic N) is 3. The number of ether oxygens (including phenoxy) is 2. The number of nitro benzene ring substituents is 1. The molecule has 1 heterocycles. The van der Waals surface area contributed by atoms with E-state index < -0.39 is 4.92 Å². The van der Waals surface area contributed by atoms with Crippen molar-refractivity contribution in [2.75, 3.05) is 14.2 Å². The Kier molecular flexibility index (Phi) is 4.47. The number of hydrogen-bond acceptors (Lipinski definition) is 6. The van der Waals surface area contributed by atoms with Gasteiger partial charge in [0.1, 0.15) is 5.71 Å². The van der Waals surface area contributed by atoms with E-state index in [1.54, 1.807) is 26.4 Å². The standard InChI is InChI=1S/C18H17N3O4/c1-11-8-13-9-16(24-2)17(25-3)10-15(13)18(20-19-11)12-4-6-14(7-5-12)21(22)23/h4-7,9-10H,8H2,1-3H3. The predicted octanol–water partition coefficient (Wildman–Crippen LogP) is 3.38. The molecule has 0 saturated carbocycles. The van der Waals surface area contributed by atoms with E-state index in [-0.39, 0.29) is 5.69 Å². The van der Waals surface area contributed by atoms with Crippen LogP contribution in [0, 0.1) is 10.1 Å². The summed E-state index contributed by atoms with van der Waals surface area (Å²) in [6.45, 7) is 1.91. The van der Waals surface area contributed by atoms with Gasteiger partial charge in [0.25, 0.3) is 5.69 Å². The van der Waals surface area contributed by atoms with Gasteiger partial charge in [0.05, 0.1) is 19.1 Å². The Balaban J connectivity index is 2.15. The van der Waals surface area contributed by atoms with Crippen molar-refractivity contribution in [3.8, 4) is 11.5 Å². The maximum Gasteiger partial charge on any atom is 0.269 e. The highest BCUT2D eigenvalue weighted by atomic mass is 16.6. The van der Waals surface area contributed by atoms with Gasteiger partial charge in [-0.25, -0.2) is 0 Å². The summed E-state index contributed by atoms with van der Waals surface area (Å²) in [7, 11) is 3.17. The highest BCUT2D eigenvalue weighted by Crippen LogP contribution is 2.33. The van der Waals surface area contributed by atoms with Gasteiger partial charge < -0.3 is 9.47 Å². The Morgan fingerprint density at radius 3 is 2.28 bits per heavy atom. The molecule has 25 heavy (non-hydrogen) atoms. The Hall–Kier alpha value is -3.22. The summed E-state index contributed by atoms with van der Waals surface area (Å²) in [5, 5.41) is 19.5. The molecule has 0 saturated heterocycles. The maximum absolute atomic E-state index is 10.9. The largest absolute Gasteiger partial charge is 0.493 e. The van der Waals surface area contributed by atoms with Crippen LogP contribution in [0.25, 0.3) is 0 Å². The van der Waals surface area contributed by atoms with Gasteiger partial charge in [-0.2, -0.15) is 5.10 Å². The average Bonchev–Trinajstić information content (AvgIpc) is 2.78. The van der Waals surface area contributed by atoms with E-state index in [4.69, 9.17) is 9.47 Å². The topological polar surface area (TPSA) is 86.3 Å². The van der Waals surface area contributed by atoms with E-state index in [0.29, 0.717) is 23.6 Å². The van der Waals surface area contributed by atoms with Crippen LogP contribution in [-0.2, 0) is 6.42 Å². The van der Waals surface area contributed by atoms with Crippen molar-refractivity contribution in [1.29, 1.82) is 0 Å². The third-order valence-electron chi connectivity index (χ3n) is 3.98. The number of nitro groups is 1. The van der Waals surface area contributed by atoms with E-state index in [0.717, 1.165) is 22.4 Å². The Labute approximate surface area is 144 Å². The van der Waals surface area contributed by atoms with Gasteiger partial charge in [0.15, 0.2) is 11.5 Å². The zero-order chi connectivity index (χ0) is 18.0. The van der Waals surface area contributed by atoms with Crippen LogP contribution in [-0.4, -0.2) is 30.6 Å². The average molecular weight is 339 g/mol. The van der Waals surface area contributed by atoms with Gasteiger partial charge >= 0.3 is 0 Å². The number of methoxy groups -OCH3 is 2. The fraction of sp³-hybridized carbons (Fsp3) is 0.222. The Morgan fingerprint density at radius 2 is 1.68 bits per heavy atom. The smallest absolute Gasteiger partial charge is 0.269 e. The van der Waals surface area contributed by atoms with Crippen LogP contribution in [0.1, 0.15) is 23.6 Å². The molecule has 0 aliphatic carbocycles. The molecular formula is C18H17N3O4. The van der Waals surface area contributed by atoms with E-state index in [2.05, 4.69) is 10.2 Å². The first kappa shape index (κ1) is 16.6. The predicted molar refractivity (Wildman–Crippen MR) is 95.1 cm³/mol. The molecule has 0 fully saturated rings. The summed E-state index contributed by atoms with van der Waals surface area (Å²) >= 11 is 0. The SMILES string of the molecule is COc1cc2c(cc1OC)C(c1ccc([N+](=O)[O-])cc1)=NN=C(C)C2. The number of non-ortho nitro benzene ring substituents is 1. The molecule has 0 radical (unpaired) electrons. The van der Waals surface area contributed by atoms with Crippen molar-refractivity contribution in [2.24, 2.45) is 10.2 Å². The lowest BCUT2D eigenvalue weighted by Crippen LogP contribution is -2.08. The molecule has 2 aromatic rings. The van der Waals surface area contributed by atoms with Crippen LogP contribution in [0.15, 0.2) is 46.6 Å². The van der Waals surface area contributed by atoms with Crippen LogP contribution in [0.5, 0.6) is 11.5 Å². The minimum atomic E-state index is -0.428. The molecule has 0 amide bonds. The van der Waals surface area contributed by atoms with Gasteiger partial charge in [-0.1, -0.05) is 0 Å². The van der Waals surface area contributed by atoms with Crippen LogP contribution in [0.2, 0.25) is 0 Å². The molecule has 128 valence electrons. The zero-order valence-corrected chi connectivity index (χ0v) is 14.1. The molecule has 0 atom stereocenters. The van der Waals surface area contributed by atoms with Crippen LogP contribution in [0.4, 0.5) is 5.69 Å². The summed E-state index contributed by atoms with van der Waals surface area (Å²) in [6, 6.07) is 10.0. The number of benzene rings is 2. The first-order chi connectivity index (χ1) is 12.0. The Morgan fingerprint density at radius 1 is 1.04 bits per heavy atom. The molecule has 1 aliphatic rings. The maximum atomic E-state index is 10.9. The van der Waals surface area contributed by atoms with Crippen LogP contribution in [0.3, 0.4) is 0 Å². The lowest BCUT2D eigenvalue weighted by Gasteiger charge is -2.14. The van der Waals surface area contributed by atoms with E-state index >= 15 is 0 Å². The minimum Gasteiger partial charge on any atom is -0.493 e. The summed E-state index contributed by atoms with van der Waals surface area (Å²) in [5.41, 5.74) is 4.16. The second-order valence-corrected chi connectivity index (χ2v) is 5.63. The lowest BCUT2D eigenvalue weighted by molar-refractivity contribution is -0.384. The van der Waals surface area contributed by atoms with Gasteiger partial charge in [-0.3, -0.25) is 10.1 Å². The third-order valence-corrected chi connectivity index (χ3v) is 3.98. The summed E-state index contributed by atoms with van der Waals surface area (Å²) in [4.78, 5) is 10.4. The minimum absolute atomic E-state index is 0.0326. The number of rotatable bonds is 4. The first-order valence-electron chi connectivity index (χ1n) is 7.64. The summed E-state index contributed by atoms with van der Waals surface area (Å²) < 4.78 is 10.8. The molecular weight excluding hydrogens is 322 g/mol. The fourth-order valence-electron chi connectivity index (χ4n) is 2.74. The highest BCUT2D eigenvalue weighted by molar-refractivity contribution is 6.15. The van der Waals surface area contributed by atoms with Gasteiger partial charge in [0.2, 0.25) is 0 Å². The molecule has 0 unspecified atom stereocenters. The van der Waals surface area contributed by atoms with Crippen molar-refractivity contribution in [1.82, 2.24) is 0 Å². The zero-order valence-electron chi connectivity index (χ0n) is 14.1. The number of hydrogen-bond donors (Lipinski definition) is 0. The second kappa shape index (κ2) is 6.72. The van der Waals surface area contributed by atoms with Crippen molar-refractivity contribution in [3.63, 3.8) is 0 Å². The molecule has 0 aromatic heterocycles. The summed E-state index contributed by atoms with van der Waals surface area (Å²) in [5.74, 6) is 1.23. The molecule has 0 N–H and O–H groups in total. The molecule has 3 rings (SSSR count). The van der Waals surface area contributed by atoms with E-state index in [1.165, 1.54) is 12.1 Å². The fourth-order valence-corrected chi connectivity index (χ4v) is 2.74. The molecule has 7 nitrogen and oxygen atoms in total. The molecule has 7 heteroatoms. The second-order valence-electron chi connectivity index (χ2n) is 5.63. The molecule has 1 aliphatic heterocycles. The monoisotopic (exact) mass is 339 g/mol. The van der Waals surface area contributed by atoms with Crippen molar-refractivity contribution >= 4 is 17.1 Å². The third kappa shape index (κ3) is 3.21. The molecule has 0 bridgehead atoms. The first-order valence-corrected chi connectivity index (χ1v) is 7.64. The van der Waals surface area contributed by atoms with Gasteiger partial charge in [0, 0.05) is 35.4 Å².